The number of hydrogen-bond acceptors (Lipinski definition) is 9. The maximum absolute atomic E-state index is 14.9. The lowest BCUT2D eigenvalue weighted by atomic mass is 9.89. The van der Waals surface area contributed by atoms with Gasteiger partial charge in [0.2, 0.25) is 11.9 Å². The van der Waals surface area contributed by atoms with Gasteiger partial charge < -0.3 is 31.1 Å². The van der Waals surface area contributed by atoms with E-state index in [1.165, 1.54) is 17.5 Å². The van der Waals surface area contributed by atoms with Gasteiger partial charge >= 0.3 is 0 Å². The Morgan fingerprint density at radius 2 is 1.98 bits per heavy atom. The fraction of sp³-hybridized carbons (Fsp3) is 0.333. The van der Waals surface area contributed by atoms with Crippen molar-refractivity contribution in [3.63, 3.8) is 0 Å². The van der Waals surface area contributed by atoms with Crippen LogP contribution in [0.15, 0.2) is 48.9 Å². The zero-order valence-corrected chi connectivity index (χ0v) is 22.0. The second-order valence-corrected chi connectivity index (χ2v) is 9.76. The Morgan fingerprint density at radius 1 is 1.20 bits per heavy atom. The molecule has 11 nitrogen and oxygen atoms in total. The summed E-state index contributed by atoms with van der Waals surface area (Å²) in [5.41, 5.74) is 8.26. The minimum Gasteiger partial charge on any atom is -0.491 e. The van der Waals surface area contributed by atoms with Gasteiger partial charge in [-0.25, -0.2) is 13.8 Å². The van der Waals surface area contributed by atoms with Crippen LogP contribution in [0.5, 0.6) is 5.75 Å². The van der Waals surface area contributed by atoms with Crippen LogP contribution < -0.4 is 26.0 Å². The van der Waals surface area contributed by atoms with E-state index >= 15 is 0 Å². The van der Waals surface area contributed by atoms with Gasteiger partial charge in [0.05, 0.1) is 47.1 Å². The van der Waals surface area contributed by atoms with Gasteiger partial charge in [0.1, 0.15) is 24.0 Å². The number of hydrogen-bond donors (Lipinski definition) is 4. The number of rotatable bonds is 8. The number of anilines is 3. The Kier molecular flexibility index (Phi) is 7.76. The quantitative estimate of drug-likeness (QED) is 0.259. The van der Waals surface area contributed by atoms with E-state index in [4.69, 9.17) is 15.6 Å². The van der Waals surface area contributed by atoms with Crippen molar-refractivity contribution in [3.8, 4) is 17.0 Å². The SMILES string of the molecule is CC(=O)N[C@@H]1[C@H](N)CN(c2ccncc2Nc2ncc3ccc(-c4c(F)cc(OCCO)cc4F)nn23)C[C@@H]1C. The van der Waals surface area contributed by atoms with E-state index in [-0.39, 0.29) is 54.1 Å². The van der Waals surface area contributed by atoms with Crippen LogP contribution in [0.25, 0.3) is 16.8 Å². The number of imidazole rings is 1. The van der Waals surface area contributed by atoms with E-state index in [2.05, 4.69) is 30.6 Å². The lowest BCUT2D eigenvalue weighted by Gasteiger charge is -2.42. The summed E-state index contributed by atoms with van der Waals surface area (Å²) >= 11 is 0. The molecule has 0 radical (unpaired) electrons. The van der Waals surface area contributed by atoms with Gasteiger partial charge in [-0.2, -0.15) is 9.61 Å². The van der Waals surface area contributed by atoms with Gasteiger partial charge in [0.25, 0.3) is 0 Å². The Bertz CT molecular complexity index is 1500. The van der Waals surface area contributed by atoms with E-state index in [1.807, 2.05) is 13.0 Å². The Balaban J connectivity index is 1.43. The molecule has 210 valence electrons. The maximum atomic E-state index is 14.9. The Hall–Kier alpha value is -4.36. The van der Waals surface area contributed by atoms with Crippen LogP contribution >= 0.6 is 0 Å². The smallest absolute Gasteiger partial charge is 0.229 e. The summed E-state index contributed by atoms with van der Waals surface area (Å²) in [4.78, 5) is 22.4. The van der Waals surface area contributed by atoms with E-state index in [9.17, 15) is 13.6 Å². The first-order valence-corrected chi connectivity index (χ1v) is 12.8. The molecule has 4 heterocycles. The van der Waals surface area contributed by atoms with Crippen LogP contribution in [0, 0.1) is 17.6 Å². The molecule has 1 fully saturated rings. The van der Waals surface area contributed by atoms with Crippen molar-refractivity contribution in [3.05, 3.63) is 60.6 Å². The van der Waals surface area contributed by atoms with E-state index in [0.29, 0.717) is 30.2 Å². The average molecular weight is 553 g/mol. The van der Waals surface area contributed by atoms with Crippen LogP contribution in [0.4, 0.5) is 26.1 Å². The van der Waals surface area contributed by atoms with Crippen molar-refractivity contribution in [1.82, 2.24) is 24.9 Å². The Morgan fingerprint density at radius 3 is 2.67 bits per heavy atom. The van der Waals surface area contributed by atoms with Gasteiger partial charge in [-0.15, -0.1) is 0 Å². The molecule has 5 N–H and O–H groups in total. The molecule has 1 aliphatic rings. The van der Waals surface area contributed by atoms with Crippen molar-refractivity contribution in [2.75, 3.05) is 36.5 Å². The largest absolute Gasteiger partial charge is 0.491 e. The summed E-state index contributed by atoms with van der Waals surface area (Å²) in [6, 6.07) is 6.71. The third kappa shape index (κ3) is 5.51. The second-order valence-electron chi connectivity index (χ2n) is 9.76. The number of ether oxygens (including phenoxy) is 1. The predicted molar refractivity (Wildman–Crippen MR) is 145 cm³/mol. The molecule has 1 amide bonds. The number of nitrogens with two attached hydrogens (primary N) is 1. The topological polar surface area (TPSA) is 143 Å². The standard InChI is InChI=1S/C27H30F2N8O3/c1-15-13-36(14-21(30)26(15)33-16(2)39)24-5-6-31-12-23(24)34-27-32-11-17-3-4-22(35-37(17)27)25-19(28)9-18(10-20(25)29)40-8-7-38/h3-6,9-12,15,21,26,38H,7-8,13-14,30H2,1-2H3,(H,32,34)(H,33,39)/t15-,21+,26-/m0/s1. The summed E-state index contributed by atoms with van der Waals surface area (Å²) in [6.07, 6.45) is 4.92. The van der Waals surface area contributed by atoms with Gasteiger partial charge in [-0.05, 0) is 24.1 Å². The molecule has 1 saturated heterocycles. The first kappa shape index (κ1) is 27.2. The van der Waals surface area contributed by atoms with Crippen molar-refractivity contribution in [2.45, 2.75) is 25.9 Å². The number of aromatic nitrogens is 4. The zero-order valence-electron chi connectivity index (χ0n) is 22.0. The fourth-order valence-corrected chi connectivity index (χ4v) is 5.03. The molecule has 0 bridgehead atoms. The molecular formula is C27H30F2N8O3. The molecule has 0 aliphatic carbocycles. The third-order valence-electron chi connectivity index (χ3n) is 6.78. The molecule has 40 heavy (non-hydrogen) atoms. The lowest BCUT2D eigenvalue weighted by molar-refractivity contribution is -0.120. The predicted octanol–water partition coefficient (Wildman–Crippen LogP) is 2.47. The lowest BCUT2D eigenvalue weighted by Crippen LogP contribution is -2.61. The van der Waals surface area contributed by atoms with Crippen LogP contribution in [0.1, 0.15) is 13.8 Å². The number of carbonyl (C=O) groups excluding carboxylic acids is 1. The van der Waals surface area contributed by atoms with Crippen LogP contribution in [-0.4, -0.2) is 69.0 Å². The number of aliphatic hydroxyl groups is 1. The molecule has 5 rings (SSSR count). The molecule has 1 aromatic carbocycles. The van der Waals surface area contributed by atoms with Gasteiger partial charge in [0.15, 0.2) is 0 Å². The molecule has 3 atom stereocenters. The van der Waals surface area contributed by atoms with Crippen molar-refractivity contribution >= 4 is 28.7 Å². The number of aliphatic hydroxyl groups excluding tert-OH is 1. The molecule has 0 spiro atoms. The number of piperidine rings is 1. The van der Waals surface area contributed by atoms with Gasteiger partial charge in [-0.3, -0.25) is 9.78 Å². The molecule has 0 saturated carbocycles. The molecule has 3 aromatic heterocycles. The monoisotopic (exact) mass is 552 g/mol. The summed E-state index contributed by atoms with van der Waals surface area (Å²) < 4.78 is 36.4. The normalized spacial score (nSPS) is 19.1. The number of fused-ring (bicyclic) bond motifs is 1. The maximum Gasteiger partial charge on any atom is 0.229 e. The molecule has 1 aliphatic heterocycles. The van der Waals surface area contributed by atoms with Gasteiger partial charge in [-0.1, -0.05) is 6.92 Å². The first-order valence-electron chi connectivity index (χ1n) is 12.8. The summed E-state index contributed by atoms with van der Waals surface area (Å²) in [6.45, 7) is 4.32. The van der Waals surface area contributed by atoms with Crippen LogP contribution in [-0.2, 0) is 4.79 Å². The summed E-state index contributed by atoms with van der Waals surface area (Å²) in [7, 11) is 0. The third-order valence-corrected chi connectivity index (χ3v) is 6.78. The van der Waals surface area contributed by atoms with E-state index < -0.39 is 11.6 Å². The van der Waals surface area contributed by atoms with E-state index in [1.54, 1.807) is 24.7 Å². The number of amides is 1. The first-order chi connectivity index (χ1) is 19.2. The number of nitrogens with one attached hydrogen (secondary N) is 2. The van der Waals surface area contributed by atoms with Crippen molar-refractivity contribution < 1.29 is 23.4 Å². The molecule has 13 heteroatoms. The molecule has 0 unspecified atom stereocenters. The minimum atomic E-state index is -0.850. The van der Waals surface area contributed by atoms with Crippen LogP contribution in [0.3, 0.4) is 0 Å². The van der Waals surface area contributed by atoms with Crippen molar-refractivity contribution in [1.29, 1.82) is 0 Å². The van der Waals surface area contributed by atoms with Crippen LogP contribution in [0.2, 0.25) is 0 Å². The average Bonchev–Trinajstić information content (AvgIpc) is 3.31. The highest BCUT2D eigenvalue weighted by atomic mass is 19.1. The molecule has 4 aromatic rings. The number of benzene rings is 1. The second kappa shape index (κ2) is 11.4. The van der Waals surface area contributed by atoms with Gasteiger partial charge in [0, 0.05) is 50.4 Å². The fourth-order valence-electron chi connectivity index (χ4n) is 5.03. The molecular weight excluding hydrogens is 522 g/mol. The number of carbonyl (C=O) groups is 1. The highest BCUT2D eigenvalue weighted by Gasteiger charge is 2.34. The summed E-state index contributed by atoms with van der Waals surface area (Å²) in [5.74, 6) is -1.43. The van der Waals surface area contributed by atoms with Crippen molar-refractivity contribution in [2.24, 2.45) is 11.7 Å². The number of nitrogens with zero attached hydrogens (tertiary/aromatic N) is 5. The van der Waals surface area contributed by atoms with E-state index in [0.717, 1.165) is 17.8 Å². The minimum absolute atomic E-state index is 0.0295. The highest BCUT2D eigenvalue weighted by Crippen LogP contribution is 2.32. The number of halogens is 2. The Labute approximate surface area is 229 Å². The highest BCUT2D eigenvalue weighted by molar-refractivity contribution is 5.75. The zero-order chi connectivity index (χ0) is 28.4. The summed E-state index contributed by atoms with van der Waals surface area (Å²) in [5, 5.41) is 19.6. The number of pyridine rings is 1.